The maximum atomic E-state index is 6.18. The van der Waals surface area contributed by atoms with E-state index in [0.29, 0.717) is 6.04 Å². The molecule has 1 aromatic heterocycles. The Labute approximate surface area is 117 Å². The molecule has 0 bridgehead atoms. The molecule has 3 nitrogen and oxygen atoms in total. The predicted molar refractivity (Wildman–Crippen MR) is 80.3 cm³/mol. The smallest absolute Gasteiger partial charge is 0.0672 e. The van der Waals surface area contributed by atoms with Gasteiger partial charge in [-0.2, -0.15) is 5.10 Å². The second-order valence-electron chi connectivity index (χ2n) is 6.16. The topological polar surface area (TPSA) is 43.8 Å². The van der Waals surface area contributed by atoms with Crippen LogP contribution < -0.4 is 5.73 Å². The number of hydrogen-bond donors (Lipinski definition) is 1. The van der Waals surface area contributed by atoms with Gasteiger partial charge in [0.15, 0.2) is 0 Å². The van der Waals surface area contributed by atoms with E-state index in [1.807, 2.05) is 0 Å². The Morgan fingerprint density at radius 3 is 2.32 bits per heavy atom. The van der Waals surface area contributed by atoms with Gasteiger partial charge in [0.05, 0.1) is 11.7 Å². The Morgan fingerprint density at radius 1 is 1.21 bits per heavy atom. The average Bonchev–Trinajstić information content (AvgIpc) is 2.78. The summed E-state index contributed by atoms with van der Waals surface area (Å²) in [6.45, 7) is 8.86. The van der Waals surface area contributed by atoms with Crippen LogP contribution in [0.2, 0.25) is 0 Å². The zero-order valence-corrected chi connectivity index (χ0v) is 12.9. The van der Waals surface area contributed by atoms with Crippen LogP contribution in [0.3, 0.4) is 0 Å². The van der Waals surface area contributed by atoms with E-state index in [4.69, 9.17) is 10.8 Å². The Morgan fingerprint density at radius 2 is 1.84 bits per heavy atom. The van der Waals surface area contributed by atoms with Crippen molar-refractivity contribution in [3.05, 3.63) is 17.0 Å². The number of aromatic nitrogens is 2. The van der Waals surface area contributed by atoms with Crippen LogP contribution in [0.25, 0.3) is 0 Å². The van der Waals surface area contributed by atoms with E-state index < -0.39 is 0 Å². The van der Waals surface area contributed by atoms with Gasteiger partial charge in [0.25, 0.3) is 0 Å². The maximum Gasteiger partial charge on any atom is 0.0672 e. The van der Waals surface area contributed by atoms with Crippen LogP contribution in [0.4, 0.5) is 0 Å². The molecule has 0 aliphatic heterocycles. The lowest BCUT2D eigenvalue weighted by Gasteiger charge is -2.28. The normalized spacial score (nSPS) is 25.5. The molecule has 0 spiro atoms. The summed E-state index contributed by atoms with van der Waals surface area (Å²) in [7, 11) is 0. The number of rotatable bonds is 4. The summed E-state index contributed by atoms with van der Waals surface area (Å²) in [4.78, 5) is 0. The molecular weight excluding hydrogens is 234 g/mol. The SMILES string of the molecule is CCc1nn(C2CCC(C)CC2)c(CC)c1C(C)N. The summed E-state index contributed by atoms with van der Waals surface area (Å²) >= 11 is 0. The van der Waals surface area contributed by atoms with Gasteiger partial charge < -0.3 is 5.73 Å². The first-order valence-corrected chi connectivity index (χ1v) is 7.94. The predicted octanol–water partition coefficient (Wildman–Crippen LogP) is 3.78. The average molecular weight is 263 g/mol. The maximum absolute atomic E-state index is 6.18. The standard InChI is InChI=1S/C16H29N3/c1-5-14-16(12(4)17)15(6-2)19(18-14)13-9-7-11(3)8-10-13/h11-13H,5-10,17H2,1-4H3. The van der Waals surface area contributed by atoms with Crippen LogP contribution >= 0.6 is 0 Å². The number of aryl methyl sites for hydroxylation is 1. The zero-order valence-electron chi connectivity index (χ0n) is 12.9. The van der Waals surface area contributed by atoms with Crippen molar-refractivity contribution in [3.63, 3.8) is 0 Å². The molecule has 1 aromatic rings. The molecule has 0 aromatic carbocycles. The van der Waals surface area contributed by atoms with Crippen molar-refractivity contribution < 1.29 is 0 Å². The van der Waals surface area contributed by atoms with Crippen molar-refractivity contribution in [2.75, 3.05) is 0 Å². The van der Waals surface area contributed by atoms with E-state index in [1.165, 1.54) is 42.6 Å². The third-order valence-electron chi connectivity index (χ3n) is 4.58. The molecule has 1 atom stereocenters. The summed E-state index contributed by atoms with van der Waals surface area (Å²) in [5, 5.41) is 4.91. The van der Waals surface area contributed by atoms with E-state index in [1.54, 1.807) is 0 Å². The van der Waals surface area contributed by atoms with Gasteiger partial charge in [-0.05, 0) is 51.4 Å². The fraction of sp³-hybridized carbons (Fsp3) is 0.812. The first-order valence-electron chi connectivity index (χ1n) is 7.94. The van der Waals surface area contributed by atoms with Gasteiger partial charge in [0.2, 0.25) is 0 Å². The molecular formula is C16H29N3. The Kier molecular flexibility index (Phi) is 4.67. The van der Waals surface area contributed by atoms with Gasteiger partial charge in [0, 0.05) is 17.3 Å². The minimum atomic E-state index is 0.0983. The van der Waals surface area contributed by atoms with E-state index in [9.17, 15) is 0 Å². The number of nitrogens with two attached hydrogens (primary N) is 1. The third-order valence-corrected chi connectivity index (χ3v) is 4.58. The summed E-state index contributed by atoms with van der Waals surface area (Å²) in [6, 6.07) is 0.699. The van der Waals surface area contributed by atoms with Crippen LogP contribution in [0, 0.1) is 5.92 Å². The van der Waals surface area contributed by atoms with Crippen molar-refractivity contribution in [3.8, 4) is 0 Å². The van der Waals surface area contributed by atoms with Crippen LogP contribution in [0.5, 0.6) is 0 Å². The van der Waals surface area contributed by atoms with Crippen molar-refractivity contribution >= 4 is 0 Å². The van der Waals surface area contributed by atoms with Gasteiger partial charge in [0.1, 0.15) is 0 Å². The van der Waals surface area contributed by atoms with Crippen molar-refractivity contribution in [2.24, 2.45) is 11.7 Å². The van der Waals surface area contributed by atoms with Crippen LogP contribution in [0.15, 0.2) is 0 Å². The number of hydrogen-bond acceptors (Lipinski definition) is 2. The summed E-state index contributed by atoms with van der Waals surface area (Å²) in [5.41, 5.74) is 10.1. The molecule has 1 aliphatic rings. The molecule has 0 saturated heterocycles. The van der Waals surface area contributed by atoms with Crippen LogP contribution in [-0.4, -0.2) is 9.78 Å². The second-order valence-corrected chi connectivity index (χ2v) is 6.16. The minimum absolute atomic E-state index is 0.0983. The highest BCUT2D eigenvalue weighted by molar-refractivity contribution is 5.30. The Hall–Kier alpha value is -0.830. The Bertz CT molecular complexity index is 412. The third kappa shape index (κ3) is 2.86. The van der Waals surface area contributed by atoms with E-state index in [0.717, 1.165) is 18.8 Å². The van der Waals surface area contributed by atoms with Gasteiger partial charge in [-0.1, -0.05) is 20.8 Å². The molecule has 1 fully saturated rings. The monoisotopic (exact) mass is 263 g/mol. The van der Waals surface area contributed by atoms with E-state index in [2.05, 4.69) is 32.4 Å². The largest absolute Gasteiger partial charge is 0.324 e. The molecule has 1 saturated carbocycles. The van der Waals surface area contributed by atoms with Crippen molar-refractivity contribution in [1.82, 2.24) is 9.78 Å². The van der Waals surface area contributed by atoms with Gasteiger partial charge in [-0.3, -0.25) is 4.68 Å². The Balaban J connectivity index is 2.34. The molecule has 1 unspecified atom stereocenters. The van der Waals surface area contributed by atoms with Crippen molar-refractivity contribution in [2.45, 2.75) is 78.3 Å². The van der Waals surface area contributed by atoms with Crippen LogP contribution in [-0.2, 0) is 12.8 Å². The lowest BCUT2D eigenvalue weighted by atomic mass is 9.87. The fourth-order valence-corrected chi connectivity index (χ4v) is 3.46. The number of nitrogens with zero attached hydrogens (tertiary/aromatic N) is 2. The summed E-state index contributed by atoms with van der Waals surface area (Å²) in [5.74, 6) is 0.885. The molecule has 1 heterocycles. The summed E-state index contributed by atoms with van der Waals surface area (Å²) < 4.78 is 2.32. The molecule has 1 aliphatic carbocycles. The second kappa shape index (κ2) is 6.08. The highest BCUT2D eigenvalue weighted by Crippen LogP contribution is 2.34. The molecule has 2 rings (SSSR count). The first kappa shape index (κ1) is 14.6. The molecule has 0 radical (unpaired) electrons. The lowest BCUT2D eigenvalue weighted by Crippen LogP contribution is -2.20. The summed E-state index contributed by atoms with van der Waals surface area (Å²) in [6.07, 6.45) is 7.25. The van der Waals surface area contributed by atoms with Gasteiger partial charge >= 0.3 is 0 Å². The zero-order chi connectivity index (χ0) is 14.0. The minimum Gasteiger partial charge on any atom is -0.324 e. The fourth-order valence-electron chi connectivity index (χ4n) is 3.46. The van der Waals surface area contributed by atoms with Gasteiger partial charge in [-0.15, -0.1) is 0 Å². The van der Waals surface area contributed by atoms with Crippen molar-refractivity contribution in [1.29, 1.82) is 0 Å². The highest BCUT2D eigenvalue weighted by atomic mass is 15.3. The van der Waals surface area contributed by atoms with Gasteiger partial charge in [-0.25, -0.2) is 0 Å². The quantitative estimate of drug-likeness (QED) is 0.898. The molecule has 3 heteroatoms. The lowest BCUT2D eigenvalue weighted by molar-refractivity contribution is 0.268. The molecule has 2 N–H and O–H groups in total. The molecule has 0 amide bonds. The van der Waals surface area contributed by atoms with Crippen LogP contribution in [0.1, 0.15) is 82.4 Å². The molecule has 19 heavy (non-hydrogen) atoms. The molecule has 108 valence electrons. The highest BCUT2D eigenvalue weighted by Gasteiger charge is 2.25. The van der Waals surface area contributed by atoms with E-state index >= 15 is 0 Å². The first-order chi connectivity index (χ1) is 9.08. The van der Waals surface area contributed by atoms with E-state index in [-0.39, 0.29) is 6.04 Å².